The molecule has 2 aromatic heterocycles. The average molecular weight is 337 g/mol. The topological polar surface area (TPSA) is 35.6 Å². The Hall–Kier alpha value is -1.78. The molecular formula is C16H18Cl2N4. The van der Waals surface area contributed by atoms with Gasteiger partial charge in [-0.15, -0.1) is 24.8 Å². The second-order valence-electron chi connectivity index (χ2n) is 5.31. The van der Waals surface area contributed by atoms with Gasteiger partial charge in [0, 0.05) is 24.3 Å². The lowest BCUT2D eigenvalue weighted by atomic mass is 10.1. The Morgan fingerprint density at radius 3 is 2.73 bits per heavy atom. The van der Waals surface area contributed by atoms with Crippen molar-refractivity contribution in [2.75, 3.05) is 0 Å². The molecule has 116 valence electrons. The van der Waals surface area contributed by atoms with Gasteiger partial charge in [-0.2, -0.15) is 0 Å². The van der Waals surface area contributed by atoms with Crippen LogP contribution < -0.4 is 0 Å². The van der Waals surface area contributed by atoms with E-state index in [1.165, 1.54) is 36.1 Å². The SMILES string of the molecule is Cl.Cl.c1cn(Cc2cn(-c3ccc4c(c3)CCC4)cn2)cn1. The van der Waals surface area contributed by atoms with Gasteiger partial charge in [-0.05, 0) is 42.5 Å². The Bertz CT molecular complexity index is 734. The van der Waals surface area contributed by atoms with Crippen LogP contribution in [-0.2, 0) is 19.4 Å². The molecule has 3 aromatic rings. The maximum Gasteiger partial charge on any atom is 0.0996 e. The van der Waals surface area contributed by atoms with E-state index in [2.05, 4.69) is 38.9 Å². The number of nitrogens with zero attached hydrogens (tertiary/aromatic N) is 4. The zero-order chi connectivity index (χ0) is 13.4. The minimum absolute atomic E-state index is 0. The smallest absolute Gasteiger partial charge is 0.0996 e. The summed E-state index contributed by atoms with van der Waals surface area (Å²) in [6.07, 6.45) is 13.3. The van der Waals surface area contributed by atoms with Crippen molar-refractivity contribution in [1.29, 1.82) is 0 Å². The van der Waals surface area contributed by atoms with Crippen molar-refractivity contribution in [3.05, 3.63) is 66.3 Å². The molecule has 1 aliphatic rings. The first-order chi connectivity index (χ1) is 9.88. The van der Waals surface area contributed by atoms with E-state index in [0.29, 0.717) is 0 Å². The fourth-order valence-electron chi connectivity index (χ4n) is 2.87. The van der Waals surface area contributed by atoms with Crippen molar-refractivity contribution in [3.63, 3.8) is 0 Å². The zero-order valence-corrected chi connectivity index (χ0v) is 13.7. The summed E-state index contributed by atoms with van der Waals surface area (Å²) < 4.78 is 4.13. The molecule has 2 heterocycles. The van der Waals surface area contributed by atoms with Crippen molar-refractivity contribution in [1.82, 2.24) is 19.1 Å². The highest BCUT2D eigenvalue weighted by Gasteiger charge is 2.11. The quantitative estimate of drug-likeness (QED) is 0.734. The number of fused-ring (bicyclic) bond motifs is 1. The molecule has 0 unspecified atom stereocenters. The molecule has 0 N–H and O–H groups in total. The lowest BCUT2D eigenvalue weighted by Gasteiger charge is -2.05. The number of imidazole rings is 2. The van der Waals surface area contributed by atoms with E-state index < -0.39 is 0 Å². The molecule has 4 rings (SSSR count). The van der Waals surface area contributed by atoms with Crippen LogP contribution in [0.5, 0.6) is 0 Å². The fraction of sp³-hybridized carbons (Fsp3) is 0.250. The van der Waals surface area contributed by atoms with Gasteiger partial charge in [0.05, 0.1) is 24.9 Å². The molecule has 0 fully saturated rings. The molecular weight excluding hydrogens is 319 g/mol. The Balaban J connectivity index is 0.000000882. The minimum atomic E-state index is 0. The second-order valence-corrected chi connectivity index (χ2v) is 5.31. The molecule has 6 heteroatoms. The zero-order valence-electron chi connectivity index (χ0n) is 12.1. The monoisotopic (exact) mass is 336 g/mol. The van der Waals surface area contributed by atoms with Crippen LogP contribution in [0.3, 0.4) is 0 Å². The van der Waals surface area contributed by atoms with Crippen LogP contribution in [0, 0.1) is 0 Å². The average Bonchev–Trinajstić information content (AvgIpc) is 3.19. The Labute approximate surface area is 142 Å². The summed E-state index contributed by atoms with van der Waals surface area (Å²) in [4.78, 5) is 8.53. The van der Waals surface area contributed by atoms with Crippen LogP contribution in [0.15, 0.2) is 49.4 Å². The van der Waals surface area contributed by atoms with Crippen LogP contribution in [0.25, 0.3) is 5.69 Å². The van der Waals surface area contributed by atoms with Gasteiger partial charge >= 0.3 is 0 Å². The number of rotatable bonds is 3. The van der Waals surface area contributed by atoms with Crippen molar-refractivity contribution in [2.45, 2.75) is 25.8 Å². The van der Waals surface area contributed by atoms with Gasteiger partial charge < -0.3 is 9.13 Å². The lowest BCUT2D eigenvalue weighted by Crippen LogP contribution is -1.96. The number of halogens is 2. The van der Waals surface area contributed by atoms with Gasteiger partial charge in [0.1, 0.15) is 0 Å². The number of hydrogen-bond donors (Lipinski definition) is 0. The standard InChI is InChI=1S/C16H16N4.2ClH/c1-2-13-4-5-16(8-14(13)3-1)20-10-15(18-12-20)9-19-7-6-17-11-19;;/h4-8,10-12H,1-3,9H2;2*1H. The van der Waals surface area contributed by atoms with Crippen molar-refractivity contribution < 1.29 is 0 Å². The van der Waals surface area contributed by atoms with E-state index in [-0.39, 0.29) is 24.8 Å². The maximum atomic E-state index is 4.48. The first kappa shape index (κ1) is 16.6. The second kappa shape index (κ2) is 6.99. The summed E-state index contributed by atoms with van der Waals surface area (Å²) in [7, 11) is 0. The summed E-state index contributed by atoms with van der Waals surface area (Å²) in [6.45, 7) is 0.762. The third kappa shape index (κ3) is 3.18. The highest BCUT2D eigenvalue weighted by molar-refractivity contribution is 5.85. The molecule has 0 atom stereocenters. The number of aromatic nitrogens is 4. The van der Waals surface area contributed by atoms with Crippen LogP contribution in [0.2, 0.25) is 0 Å². The largest absolute Gasteiger partial charge is 0.331 e. The van der Waals surface area contributed by atoms with Crippen molar-refractivity contribution in [2.24, 2.45) is 0 Å². The Kier molecular flexibility index (Phi) is 5.27. The lowest BCUT2D eigenvalue weighted by molar-refractivity contribution is 0.778. The van der Waals surface area contributed by atoms with Gasteiger partial charge in [0.2, 0.25) is 0 Å². The molecule has 0 saturated carbocycles. The van der Waals surface area contributed by atoms with Crippen LogP contribution in [0.4, 0.5) is 0 Å². The molecule has 22 heavy (non-hydrogen) atoms. The first-order valence-electron chi connectivity index (χ1n) is 6.99. The summed E-state index contributed by atoms with van der Waals surface area (Å²) in [6, 6.07) is 6.74. The highest BCUT2D eigenvalue weighted by Crippen LogP contribution is 2.24. The van der Waals surface area contributed by atoms with Crippen molar-refractivity contribution in [3.8, 4) is 5.69 Å². The predicted molar refractivity (Wildman–Crippen MR) is 91.4 cm³/mol. The third-order valence-electron chi connectivity index (χ3n) is 3.92. The molecule has 0 radical (unpaired) electrons. The molecule has 1 aliphatic carbocycles. The molecule has 1 aromatic carbocycles. The van der Waals surface area contributed by atoms with Crippen LogP contribution in [-0.4, -0.2) is 19.1 Å². The van der Waals surface area contributed by atoms with Gasteiger partial charge in [0.15, 0.2) is 0 Å². The fourth-order valence-corrected chi connectivity index (χ4v) is 2.87. The van der Waals surface area contributed by atoms with Gasteiger partial charge in [-0.25, -0.2) is 9.97 Å². The van der Waals surface area contributed by atoms with Crippen molar-refractivity contribution >= 4 is 24.8 Å². The predicted octanol–water partition coefficient (Wildman–Crippen LogP) is 3.45. The van der Waals surface area contributed by atoms with E-state index in [9.17, 15) is 0 Å². The highest BCUT2D eigenvalue weighted by atomic mass is 35.5. The summed E-state index contributed by atoms with van der Waals surface area (Å²) >= 11 is 0. The molecule has 0 aliphatic heterocycles. The Morgan fingerprint density at radius 1 is 1.05 bits per heavy atom. The van der Waals surface area contributed by atoms with E-state index in [4.69, 9.17) is 0 Å². The first-order valence-corrected chi connectivity index (χ1v) is 6.99. The summed E-state index contributed by atoms with van der Waals surface area (Å²) in [5.41, 5.74) is 5.25. The van der Waals surface area contributed by atoms with Gasteiger partial charge in [-0.3, -0.25) is 0 Å². The van der Waals surface area contributed by atoms with Crippen LogP contribution >= 0.6 is 24.8 Å². The normalized spacial score (nSPS) is 12.4. The third-order valence-corrected chi connectivity index (χ3v) is 3.92. The van der Waals surface area contributed by atoms with E-state index in [1.807, 2.05) is 23.4 Å². The van der Waals surface area contributed by atoms with Crippen LogP contribution in [0.1, 0.15) is 23.2 Å². The molecule has 0 amide bonds. The number of benzene rings is 1. The maximum absolute atomic E-state index is 4.48. The van der Waals surface area contributed by atoms with E-state index in [1.54, 1.807) is 6.20 Å². The van der Waals surface area contributed by atoms with E-state index in [0.717, 1.165) is 12.2 Å². The van der Waals surface area contributed by atoms with Gasteiger partial charge in [-0.1, -0.05) is 6.07 Å². The molecule has 0 saturated heterocycles. The molecule has 4 nitrogen and oxygen atoms in total. The summed E-state index contributed by atoms with van der Waals surface area (Å²) in [5.74, 6) is 0. The molecule has 0 spiro atoms. The Morgan fingerprint density at radius 2 is 1.91 bits per heavy atom. The minimum Gasteiger partial charge on any atom is -0.331 e. The van der Waals surface area contributed by atoms with E-state index >= 15 is 0 Å². The number of hydrogen-bond acceptors (Lipinski definition) is 2. The number of aryl methyl sites for hydroxylation is 2. The van der Waals surface area contributed by atoms with Gasteiger partial charge in [0.25, 0.3) is 0 Å². The summed E-state index contributed by atoms with van der Waals surface area (Å²) in [5, 5.41) is 0. The molecule has 0 bridgehead atoms.